The molecule has 0 fully saturated rings. The summed E-state index contributed by atoms with van der Waals surface area (Å²) in [6.07, 6.45) is 1.53. The molecule has 1 aromatic rings. The molecule has 0 unspecified atom stereocenters. The third-order valence-electron chi connectivity index (χ3n) is 1.58. The van der Waals surface area contributed by atoms with Crippen molar-refractivity contribution in [2.24, 2.45) is 7.05 Å². The number of carbonyl (C=O) groups excluding carboxylic acids is 1. The van der Waals surface area contributed by atoms with Gasteiger partial charge in [-0.3, -0.25) is 9.48 Å². The smallest absolute Gasteiger partial charge is 0.235 e. The second-order valence-corrected chi connectivity index (χ2v) is 3.15. The molecule has 0 radical (unpaired) electrons. The Hall–Kier alpha value is -0.740. The largest absolute Gasteiger partial charge is 0.349 e. The second kappa shape index (κ2) is 4.48. The van der Waals surface area contributed by atoms with E-state index in [1.807, 2.05) is 0 Å². The SMILES string of the molecule is Cn1ncc(Cl)c1CNC(=O)CCl. The molecule has 0 atom stereocenters. The van der Waals surface area contributed by atoms with Crippen LogP contribution in [0.25, 0.3) is 0 Å². The van der Waals surface area contributed by atoms with Crippen molar-refractivity contribution >= 4 is 29.1 Å². The number of nitrogens with zero attached hydrogens (tertiary/aromatic N) is 2. The van der Waals surface area contributed by atoms with Crippen LogP contribution in [0.3, 0.4) is 0 Å². The summed E-state index contributed by atoms with van der Waals surface area (Å²) in [4.78, 5) is 10.8. The van der Waals surface area contributed by atoms with Gasteiger partial charge in [-0.2, -0.15) is 5.10 Å². The van der Waals surface area contributed by atoms with Crippen molar-refractivity contribution in [2.75, 3.05) is 5.88 Å². The average molecular weight is 222 g/mol. The molecule has 0 bridgehead atoms. The Kier molecular flexibility index (Phi) is 3.57. The van der Waals surface area contributed by atoms with E-state index in [2.05, 4.69) is 10.4 Å². The van der Waals surface area contributed by atoms with E-state index >= 15 is 0 Å². The van der Waals surface area contributed by atoms with E-state index in [4.69, 9.17) is 23.2 Å². The zero-order valence-electron chi connectivity index (χ0n) is 7.05. The summed E-state index contributed by atoms with van der Waals surface area (Å²) < 4.78 is 1.61. The summed E-state index contributed by atoms with van der Waals surface area (Å²) in [5, 5.41) is 7.06. The molecule has 72 valence electrons. The highest BCUT2D eigenvalue weighted by Gasteiger charge is 2.06. The van der Waals surface area contributed by atoms with Crippen LogP contribution >= 0.6 is 23.2 Å². The van der Waals surface area contributed by atoms with Gasteiger partial charge in [-0.25, -0.2) is 0 Å². The van der Waals surface area contributed by atoms with E-state index in [0.29, 0.717) is 11.6 Å². The first-order valence-corrected chi connectivity index (χ1v) is 4.55. The number of alkyl halides is 1. The molecule has 1 amide bonds. The van der Waals surface area contributed by atoms with Crippen LogP contribution in [0.1, 0.15) is 5.69 Å². The number of aryl methyl sites for hydroxylation is 1. The van der Waals surface area contributed by atoms with Gasteiger partial charge >= 0.3 is 0 Å². The number of carbonyl (C=O) groups is 1. The molecule has 0 aromatic carbocycles. The molecule has 1 rings (SSSR count). The van der Waals surface area contributed by atoms with Crippen LogP contribution in [-0.2, 0) is 18.4 Å². The molecule has 1 aromatic heterocycles. The first kappa shape index (κ1) is 10.3. The number of rotatable bonds is 3. The summed E-state index contributed by atoms with van der Waals surface area (Å²) in [6.45, 7) is 0.348. The number of halogens is 2. The zero-order valence-corrected chi connectivity index (χ0v) is 8.56. The maximum absolute atomic E-state index is 10.8. The van der Waals surface area contributed by atoms with Gasteiger partial charge in [0.1, 0.15) is 5.88 Å². The normalized spacial score (nSPS) is 10.1. The van der Waals surface area contributed by atoms with E-state index in [1.165, 1.54) is 6.20 Å². The molecule has 6 heteroatoms. The van der Waals surface area contributed by atoms with Gasteiger partial charge in [-0.05, 0) is 0 Å². The van der Waals surface area contributed by atoms with Crippen molar-refractivity contribution in [3.8, 4) is 0 Å². The summed E-state index contributed by atoms with van der Waals surface area (Å²) in [5.74, 6) is -0.269. The monoisotopic (exact) mass is 221 g/mol. The van der Waals surface area contributed by atoms with Crippen molar-refractivity contribution in [3.63, 3.8) is 0 Å². The zero-order chi connectivity index (χ0) is 9.84. The molecule has 1 N–H and O–H groups in total. The predicted molar refractivity (Wildman–Crippen MR) is 50.8 cm³/mol. The van der Waals surface area contributed by atoms with Gasteiger partial charge in [0.05, 0.1) is 23.5 Å². The van der Waals surface area contributed by atoms with Crippen LogP contribution < -0.4 is 5.32 Å². The third kappa shape index (κ3) is 2.60. The summed E-state index contributed by atoms with van der Waals surface area (Å²) in [6, 6.07) is 0. The second-order valence-electron chi connectivity index (χ2n) is 2.47. The van der Waals surface area contributed by atoms with Gasteiger partial charge in [0.25, 0.3) is 0 Å². The van der Waals surface area contributed by atoms with Crippen LogP contribution in [0.4, 0.5) is 0 Å². The lowest BCUT2D eigenvalue weighted by Crippen LogP contribution is -2.25. The first-order chi connectivity index (χ1) is 6.15. The Labute approximate surface area is 85.8 Å². The number of hydrogen-bond donors (Lipinski definition) is 1. The maximum Gasteiger partial charge on any atom is 0.235 e. The lowest BCUT2D eigenvalue weighted by Gasteiger charge is -2.03. The molecule has 0 aliphatic rings. The number of amides is 1. The molecular formula is C7H9Cl2N3O. The number of nitrogens with one attached hydrogen (secondary N) is 1. The van der Waals surface area contributed by atoms with Gasteiger partial charge in [0.2, 0.25) is 5.91 Å². The van der Waals surface area contributed by atoms with Crippen LogP contribution in [0.2, 0.25) is 5.02 Å². The van der Waals surface area contributed by atoms with Crippen LogP contribution in [-0.4, -0.2) is 21.6 Å². The topological polar surface area (TPSA) is 46.9 Å². The van der Waals surface area contributed by atoms with E-state index in [-0.39, 0.29) is 11.8 Å². The number of aromatic nitrogens is 2. The van der Waals surface area contributed by atoms with E-state index in [0.717, 1.165) is 5.69 Å². The van der Waals surface area contributed by atoms with Gasteiger partial charge in [-0.15, -0.1) is 11.6 Å². The highest BCUT2D eigenvalue weighted by molar-refractivity contribution is 6.31. The molecular weight excluding hydrogens is 213 g/mol. The summed E-state index contributed by atoms with van der Waals surface area (Å²) in [7, 11) is 1.76. The minimum atomic E-state index is -0.223. The molecule has 0 aliphatic carbocycles. The molecule has 13 heavy (non-hydrogen) atoms. The molecule has 0 saturated heterocycles. The van der Waals surface area contributed by atoms with Crippen LogP contribution in [0, 0.1) is 0 Å². The van der Waals surface area contributed by atoms with Crippen LogP contribution in [0.5, 0.6) is 0 Å². The Morgan fingerprint density at radius 2 is 2.46 bits per heavy atom. The maximum atomic E-state index is 10.8. The van der Waals surface area contributed by atoms with Gasteiger partial charge in [0.15, 0.2) is 0 Å². The first-order valence-electron chi connectivity index (χ1n) is 3.64. The minimum absolute atomic E-state index is 0.0462. The fraction of sp³-hybridized carbons (Fsp3) is 0.429. The van der Waals surface area contributed by atoms with Gasteiger partial charge in [-0.1, -0.05) is 11.6 Å². The fourth-order valence-electron chi connectivity index (χ4n) is 0.864. The lowest BCUT2D eigenvalue weighted by molar-refractivity contribution is -0.118. The third-order valence-corrected chi connectivity index (χ3v) is 2.14. The van der Waals surface area contributed by atoms with Crippen molar-refractivity contribution in [3.05, 3.63) is 16.9 Å². The summed E-state index contributed by atoms with van der Waals surface area (Å²) >= 11 is 11.1. The molecule has 0 spiro atoms. The van der Waals surface area contributed by atoms with E-state index < -0.39 is 0 Å². The molecule has 0 aliphatic heterocycles. The summed E-state index contributed by atoms with van der Waals surface area (Å²) in [5.41, 5.74) is 0.764. The Bertz CT molecular complexity index is 291. The minimum Gasteiger partial charge on any atom is -0.349 e. The molecule has 1 heterocycles. The predicted octanol–water partition coefficient (Wildman–Crippen LogP) is 0.928. The fourth-order valence-corrected chi connectivity index (χ4v) is 1.19. The van der Waals surface area contributed by atoms with Crippen LogP contribution in [0.15, 0.2) is 6.20 Å². The van der Waals surface area contributed by atoms with Crippen molar-refractivity contribution in [2.45, 2.75) is 6.54 Å². The van der Waals surface area contributed by atoms with Gasteiger partial charge < -0.3 is 5.32 Å². The highest BCUT2D eigenvalue weighted by atomic mass is 35.5. The average Bonchev–Trinajstić information content (AvgIpc) is 2.43. The highest BCUT2D eigenvalue weighted by Crippen LogP contribution is 2.13. The lowest BCUT2D eigenvalue weighted by atomic mass is 10.4. The molecule has 0 saturated carbocycles. The quantitative estimate of drug-likeness (QED) is 0.773. The van der Waals surface area contributed by atoms with E-state index in [1.54, 1.807) is 11.7 Å². The Balaban J connectivity index is 2.58. The number of hydrogen-bond acceptors (Lipinski definition) is 2. The van der Waals surface area contributed by atoms with Crippen molar-refractivity contribution < 1.29 is 4.79 Å². The standard InChI is InChI=1S/C7H9Cl2N3O/c1-12-6(5(9)3-11-12)4-10-7(13)2-8/h3H,2,4H2,1H3,(H,10,13). The van der Waals surface area contributed by atoms with Crippen molar-refractivity contribution in [1.82, 2.24) is 15.1 Å². The molecule has 4 nitrogen and oxygen atoms in total. The van der Waals surface area contributed by atoms with Crippen molar-refractivity contribution in [1.29, 1.82) is 0 Å². The Morgan fingerprint density at radius 1 is 1.77 bits per heavy atom. The Morgan fingerprint density at radius 3 is 2.92 bits per heavy atom. The van der Waals surface area contributed by atoms with Gasteiger partial charge in [0, 0.05) is 7.05 Å². The van der Waals surface area contributed by atoms with E-state index in [9.17, 15) is 4.79 Å².